The highest BCUT2D eigenvalue weighted by Crippen LogP contribution is 2.25. The van der Waals surface area contributed by atoms with Gasteiger partial charge in [0.1, 0.15) is 24.8 Å². The third-order valence-electron chi connectivity index (χ3n) is 9.35. The lowest BCUT2D eigenvalue weighted by Crippen LogP contribution is -2.61. The van der Waals surface area contributed by atoms with Crippen LogP contribution in [0.15, 0.2) is 0 Å². The van der Waals surface area contributed by atoms with Crippen molar-refractivity contribution in [3.05, 3.63) is 0 Å². The molecule has 1 rings (SSSR count). The molecule has 1 saturated heterocycles. The Morgan fingerprint density at radius 3 is 1.84 bits per heavy atom. The Bertz CT molecular complexity index is 1010. The Morgan fingerprint density at radius 1 is 0.776 bits per heavy atom. The molecule has 284 valence electrons. The molecule has 0 aromatic carbocycles. The first kappa shape index (κ1) is 44.3. The average molecular weight is 698 g/mol. The third-order valence-corrected chi connectivity index (χ3v) is 9.35. The molecule has 1 aliphatic rings. The molecule has 1 aliphatic heterocycles. The number of ether oxygens (including phenoxy) is 3. The van der Waals surface area contributed by atoms with Gasteiger partial charge in [-0.25, -0.2) is 4.79 Å². The number of carbonyl (C=O) groups excluding carboxylic acids is 5. The van der Waals surface area contributed by atoms with Crippen LogP contribution in [0.1, 0.15) is 139 Å². The van der Waals surface area contributed by atoms with Crippen molar-refractivity contribution in [2.24, 2.45) is 17.8 Å². The fourth-order valence-electron chi connectivity index (χ4n) is 5.99. The van der Waals surface area contributed by atoms with Crippen LogP contribution in [-0.2, 0) is 38.2 Å². The zero-order valence-electron chi connectivity index (χ0n) is 31.5. The van der Waals surface area contributed by atoms with E-state index < -0.39 is 84.5 Å². The summed E-state index contributed by atoms with van der Waals surface area (Å²) in [6.07, 6.45) is 10.9. The van der Waals surface area contributed by atoms with Crippen molar-refractivity contribution in [1.82, 2.24) is 16.0 Å². The van der Waals surface area contributed by atoms with Crippen LogP contribution in [0.25, 0.3) is 0 Å². The summed E-state index contributed by atoms with van der Waals surface area (Å²) < 4.78 is 16.9. The normalized spacial score (nSPS) is 26.5. The molecule has 4 N–H and O–H groups in total. The minimum absolute atomic E-state index is 0.318. The Hall–Kier alpha value is -2.73. The number of unbranched alkanes of at least 4 members (excludes halogenated alkanes) is 10. The fourth-order valence-corrected chi connectivity index (χ4v) is 5.99. The maximum absolute atomic E-state index is 13.7. The van der Waals surface area contributed by atoms with Crippen molar-refractivity contribution >= 4 is 29.7 Å². The van der Waals surface area contributed by atoms with Crippen molar-refractivity contribution in [3.8, 4) is 0 Å². The SMILES string of the molecule is CCCCCCCCCCCCCC1OC(=O)C(COC(C)=O)NC(=O)C(C(C)OCCC)NC(=O)C(C(C)C)NC(=O)C(C)C(O)C1C. The number of aliphatic hydroxyl groups excluding tert-OH is 1. The zero-order valence-corrected chi connectivity index (χ0v) is 31.5. The van der Waals surface area contributed by atoms with Crippen LogP contribution >= 0.6 is 0 Å². The number of esters is 2. The van der Waals surface area contributed by atoms with Gasteiger partial charge in [0.15, 0.2) is 6.04 Å². The molecule has 3 amide bonds. The number of carbonyl (C=O) groups is 5. The van der Waals surface area contributed by atoms with Crippen molar-refractivity contribution in [1.29, 1.82) is 0 Å². The first-order valence-corrected chi connectivity index (χ1v) is 18.8. The molecule has 8 unspecified atom stereocenters. The number of hydrogen-bond donors (Lipinski definition) is 4. The summed E-state index contributed by atoms with van der Waals surface area (Å²) in [5.74, 6) is -5.34. The molecular weight excluding hydrogens is 630 g/mol. The van der Waals surface area contributed by atoms with Crippen LogP contribution in [-0.4, -0.2) is 84.4 Å². The van der Waals surface area contributed by atoms with E-state index >= 15 is 0 Å². The van der Waals surface area contributed by atoms with Crippen LogP contribution in [0.4, 0.5) is 0 Å². The van der Waals surface area contributed by atoms with Gasteiger partial charge in [0.2, 0.25) is 17.7 Å². The molecule has 0 saturated carbocycles. The lowest BCUT2D eigenvalue weighted by atomic mass is 9.86. The molecule has 1 fully saturated rings. The first-order valence-electron chi connectivity index (χ1n) is 18.8. The van der Waals surface area contributed by atoms with Crippen molar-refractivity contribution in [3.63, 3.8) is 0 Å². The summed E-state index contributed by atoms with van der Waals surface area (Å²) in [5, 5.41) is 19.4. The molecule has 49 heavy (non-hydrogen) atoms. The molecule has 0 radical (unpaired) electrons. The van der Waals surface area contributed by atoms with Crippen LogP contribution in [0, 0.1) is 17.8 Å². The Balaban J connectivity index is 3.28. The number of aliphatic hydroxyl groups is 1. The number of rotatable bonds is 19. The van der Waals surface area contributed by atoms with Crippen molar-refractivity contribution < 1.29 is 43.3 Å². The Kier molecular flexibility index (Phi) is 22.1. The summed E-state index contributed by atoms with van der Waals surface area (Å²) in [6.45, 7) is 13.6. The third kappa shape index (κ3) is 16.7. The monoisotopic (exact) mass is 697 g/mol. The summed E-state index contributed by atoms with van der Waals surface area (Å²) >= 11 is 0. The van der Waals surface area contributed by atoms with E-state index in [0.29, 0.717) is 19.4 Å². The summed E-state index contributed by atoms with van der Waals surface area (Å²) in [6, 6.07) is -3.65. The molecule has 12 nitrogen and oxygen atoms in total. The molecule has 0 spiro atoms. The minimum atomic E-state index is -1.39. The van der Waals surface area contributed by atoms with E-state index in [1.165, 1.54) is 51.9 Å². The van der Waals surface area contributed by atoms with Crippen LogP contribution in [0.2, 0.25) is 0 Å². The maximum Gasteiger partial charge on any atom is 0.332 e. The molecule has 8 atom stereocenters. The average Bonchev–Trinajstić information content (AvgIpc) is 3.06. The fraction of sp³-hybridized carbons (Fsp3) is 0.865. The van der Waals surface area contributed by atoms with E-state index in [0.717, 1.165) is 25.7 Å². The van der Waals surface area contributed by atoms with Gasteiger partial charge in [0.25, 0.3) is 0 Å². The number of nitrogens with one attached hydrogen (secondary N) is 3. The van der Waals surface area contributed by atoms with E-state index in [4.69, 9.17) is 14.2 Å². The second-order valence-corrected chi connectivity index (χ2v) is 14.1. The molecule has 12 heteroatoms. The number of cyclic esters (lactones) is 1. The number of hydrogen-bond acceptors (Lipinski definition) is 9. The molecule has 0 aromatic rings. The van der Waals surface area contributed by atoms with Crippen molar-refractivity contribution in [2.75, 3.05) is 13.2 Å². The zero-order chi connectivity index (χ0) is 36.9. The standard InChI is InChI=1S/C37H67N3O9/c1-9-11-12-13-14-15-16-17-18-19-20-21-30-25(5)33(42)26(6)34(43)39-31(24(3)4)35(44)40-32(27(7)47-22-10-2)36(45)38-29(37(46)49-30)23-48-28(8)41/h24-27,29-33,42H,9-23H2,1-8H3,(H,38,45)(H,39,43)(H,40,44). The van der Waals surface area contributed by atoms with Crippen LogP contribution in [0.3, 0.4) is 0 Å². The topological polar surface area (TPSA) is 169 Å². The maximum atomic E-state index is 13.7. The Morgan fingerprint density at radius 2 is 1.31 bits per heavy atom. The largest absolute Gasteiger partial charge is 0.463 e. The highest BCUT2D eigenvalue weighted by atomic mass is 16.6. The predicted octanol–water partition coefficient (Wildman–Crippen LogP) is 4.73. The molecule has 0 aromatic heterocycles. The van der Waals surface area contributed by atoms with E-state index in [1.54, 1.807) is 34.6 Å². The highest BCUT2D eigenvalue weighted by molar-refractivity contribution is 5.94. The van der Waals surface area contributed by atoms with E-state index in [1.807, 2.05) is 6.92 Å². The Labute approximate surface area is 294 Å². The first-order chi connectivity index (χ1) is 23.2. The van der Waals surface area contributed by atoms with Gasteiger partial charge in [0.05, 0.1) is 18.1 Å². The predicted molar refractivity (Wildman–Crippen MR) is 188 cm³/mol. The van der Waals surface area contributed by atoms with Crippen LogP contribution in [0.5, 0.6) is 0 Å². The van der Waals surface area contributed by atoms with E-state index in [9.17, 15) is 29.1 Å². The van der Waals surface area contributed by atoms with Gasteiger partial charge in [-0.2, -0.15) is 0 Å². The highest BCUT2D eigenvalue weighted by Gasteiger charge is 2.39. The van der Waals surface area contributed by atoms with Crippen LogP contribution < -0.4 is 16.0 Å². The lowest BCUT2D eigenvalue weighted by molar-refractivity contribution is -0.162. The smallest absolute Gasteiger partial charge is 0.332 e. The van der Waals surface area contributed by atoms with Gasteiger partial charge in [-0.1, -0.05) is 106 Å². The van der Waals surface area contributed by atoms with Crippen molar-refractivity contribution in [2.45, 2.75) is 175 Å². The van der Waals surface area contributed by atoms with Gasteiger partial charge >= 0.3 is 11.9 Å². The summed E-state index contributed by atoms with van der Waals surface area (Å²) in [4.78, 5) is 66.0. The minimum Gasteiger partial charge on any atom is -0.463 e. The molecule has 0 aliphatic carbocycles. The van der Waals surface area contributed by atoms with Gasteiger partial charge in [-0.05, 0) is 32.1 Å². The molecular formula is C37H67N3O9. The lowest BCUT2D eigenvalue weighted by Gasteiger charge is -2.32. The second-order valence-electron chi connectivity index (χ2n) is 14.1. The van der Waals surface area contributed by atoms with E-state index in [-0.39, 0.29) is 5.92 Å². The van der Waals surface area contributed by atoms with Gasteiger partial charge in [0, 0.05) is 19.4 Å². The van der Waals surface area contributed by atoms with E-state index in [2.05, 4.69) is 22.9 Å². The summed E-state index contributed by atoms with van der Waals surface area (Å²) in [7, 11) is 0. The van der Waals surface area contributed by atoms with Gasteiger partial charge in [-0.15, -0.1) is 0 Å². The summed E-state index contributed by atoms with van der Waals surface area (Å²) in [5.41, 5.74) is 0. The second kappa shape index (κ2) is 24.4. The van der Waals surface area contributed by atoms with Gasteiger partial charge in [-0.3, -0.25) is 19.2 Å². The molecule has 1 heterocycles. The van der Waals surface area contributed by atoms with Gasteiger partial charge < -0.3 is 35.3 Å². The quantitative estimate of drug-likeness (QED) is 0.110. The number of amides is 3. The molecule has 0 bridgehead atoms.